The molecule has 2 atom stereocenters. The molecule has 1 aliphatic heterocycles. The molecule has 0 saturated carbocycles. The second-order valence-corrected chi connectivity index (χ2v) is 8.37. The minimum Gasteiger partial charge on any atom is -0.349 e. The van der Waals surface area contributed by atoms with Crippen LogP contribution in [0.5, 0.6) is 0 Å². The maximum absolute atomic E-state index is 12.9. The fourth-order valence-corrected chi connectivity index (χ4v) is 3.74. The number of carbonyl (C=O) groups is 3. The number of amides is 3. The molecule has 6 nitrogen and oxygen atoms in total. The normalized spacial score (nSPS) is 20.6. The van der Waals surface area contributed by atoms with Gasteiger partial charge in [-0.3, -0.25) is 14.4 Å². The molecule has 1 saturated heterocycles. The van der Waals surface area contributed by atoms with E-state index in [4.69, 9.17) is 0 Å². The molecule has 0 bridgehead atoms. The Morgan fingerprint density at radius 2 is 1.85 bits per heavy atom. The Hall–Kier alpha value is -2.37. The first-order valence-corrected chi connectivity index (χ1v) is 9.57. The maximum atomic E-state index is 12.9. The van der Waals surface area contributed by atoms with Crippen LogP contribution in [0.1, 0.15) is 46.6 Å². The third-order valence-electron chi connectivity index (χ3n) is 4.68. The Bertz CT molecular complexity index is 685. The van der Waals surface area contributed by atoms with Crippen LogP contribution >= 0.6 is 0 Å². The van der Waals surface area contributed by atoms with Crippen molar-refractivity contribution >= 4 is 17.7 Å². The highest BCUT2D eigenvalue weighted by molar-refractivity contribution is 6.10. The second-order valence-electron chi connectivity index (χ2n) is 8.37. The van der Waals surface area contributed by atoms with Crippen molar-refractivity contribution in [3.05, 3.63) is 35.9 Å². The number of benzene rings is 1. The Balaban J connectivity index is 2.17. The topological polar surface area (TPSA) is 78.5 Å². The van der Waals surface area contributed by atoms with E-state index in [2.05, 4.69) is 24.5 Å². The monoisotopic (exact) mass is 373 g/mol. The van der Waals surface area contributed by atoms with Crippen LogP contribution in [-0.2, 0) is 20.8 Å². The molecule has 1 aromatic carbocycles. The molecular formula is C21H31N3O3. The molecule has 27 heavy (non-hydrogen) atoms. The van der Waals surface area contributed by atoms with Gasteiger partial charge < -0.3 is 15.5 Å². The molecule has 2 unspecified atom stereocenters. The van der Waals surface area contributed by atoms with E-state index in [1.807, 2.05) is 44.2 Å². The van der Waals surface area contributed by atoms with Gasteiger partial charge in [-0.15, -0.1) is 0 Å². The lowest BCUT2D eigenvalue weighted by molar-refractivity contribution is -0.154. The molecule has 2 rings (SSSR count). The average Bonchev–Trinajstić information content (AvgIpc) is 2.55. The van der Waals surface area contributed by atoms with Gasteiger partial charge in [0.05, 0.1) is 0 Å². The molecule has 0 spiro atoms. The molecule has 1 aromatic rings. The van der Waals surface area contributed by atoms with E-state index in [1.54, 1.807) is 6.92 Å². The average molecular weight is 373 g/mol. The van der Waals surface area contributed by atoms with Gasteiger partial charge in [0.15, 0.2) is 6.04 Å². The summed E-state index contributed by atoms with van der Waals surface area (Å²) in [5.41, 5.74) is 0.603. The standard InChI is InChI=1S/C21H31N3O3/c1-14(2)13-21(4,5)23-19(26)17-18(25)22-15(3)20(27)24(17)12-11-16-9-7-6-8-10-16/h6-10,14-15,17H,11-13H2,1-5H3,(H,22,25)(H,23,26). The summed E-state index contributed by atoms with van der Waals surface area (Å²) >= 11 is 0. The number of hydrogen-bond acceptors (Lipinski definition) is 3. The summed E-state index contributed by atoms with van der Waals surface area (Å²) in [7, 11) is 0. The molecular weight excluding hydrogens is 342 g/mol. The van der Waals surface area contributed by atoms with Crippen molar-refractivity contribution in [1.82, 2.24) is 15.5 Å². The number of carbonyl (C=O) groups excluding carboxylic acids is 3. The van der Waals surface area contributed by atoms with E-state index in [1.165, 1.54) is 4.90 Å². The van der Waals surface area contributed by atoms with Crippen molar-refractivity contribution < 1.29 is 14.4 Å². The minimum absolute atomic E-state index is 0.229. The summed E-state index contributed by atoms with van der Waals surface area (Å²) in [6, 6.07) is 7.97. The van der Waals surface area contributed by atoms with E-state index < -0.39 is 29.4 Å². The summed E-state index contributed by atoms with van der Waals surface area (Å²) < 4.78 is 0. The smallest absolute Gasteiger partial charge is 0.253 e. The highest BCUT2D eigenvalue weighted by Gasteiger charge is 2.43. The lowest BCUT2D eigenvalue weighted by atomic mass is 9.92. The van der Waals surface area contributed by atoms with Crippen LogP contribution in [0.4, 0.5) is 0 Å². The Morgan fingerprint density at radius 1 is 1.22 bits per heavy atom. The predicted octanol–water partition coefficient (Wildman–Crippen LogP) is 1.89. The molecule has 1 heterocycles. The Morgan fingerprint density at radius 3 is 2.44 bits per heavy atom. The van der Waals surface area contributed by atoms with Crippen molar-refractivity contribution in [2.75, 3.05) is 6.54 Å². The lowest BCUT2D eigenvalue weighted by Gasteiger charge is -2.39. The van der Waals surface area contributed by atoms with Gasteiger partial charge in [-0.2, -0.15) is 0 Å². The predicted molar refractivity (Wildman–Crippen MR) is 105 cm³/mol. The fraction of sp³-hybridized carbons (Fsp3) is 0.571. The Labute approximate surface area is 161 Å². The molecule has 1 fully saturated rings. The van der Waals surface area contributed by atoms with Crippen LogP contribution in [0, 0.1) is 5.92 Å². The summed E-state index contributed by atoms with van der Waals surface area (Å²) in [5.74, 6) is -0.678. The van der Waals surface area contributed by atoms with Crippen LogP contribution in [0.3, 0.4) is 0 Å². The lowest BCUT2D eigenvalue weighted by Crippen LogP contribution is -2.68. The van der Waals surface area contributed by atoms with Gasteiger partial charge in [0.2, 0.25) is 5.91 Å². The maximum Gasteiger partial charge on any atom is 0.253 e. The summed E-state index contributed by atoms with van der Waals surface area (Å²) in [4.78, 5) is 39.6. The van der Waals surface area contributed by atoms with Crippen LogP contribution < -0.4 is 10.6 Å². The SMILES string of the molecule is CC(C)CC(C)(C)NC(=O)C1C(=O)NC(C)C(=O)N1CCc1ccccc1. The molecule has 0 aliphatic carbocycles. The van der Waals surface area contributed by atoms with Crippen LogP contribution in [0.25, 0.3) is 0 Å². The van der Waals surface area contributed by atoms with Gasteiger partial charge in [0.25, 0.3) is 11.8 Å². The molecule has 0 aromatic heterocycles. The number of nitrogens with zero attached hydrogens (tertiary/aromatic N) is 1. The van der Waals surface area contributed by atoms with Crippen LogP contribution in [0.15, 0.2) is 30.3 Å². The van der Waals surface area contributed by atoms with E-state index in [9.17, 15) is 14.4 Å². The molecule has 6 heteroatoms. The van der Waals surface area contributed by atoms with Gasteiger partial charge in [-0.05, 0) is 45.1 Å². The highest BCUT2D eigenvalue weighted by Crippen LogP contribution is 2.18. The van der Waals surface area contributed by atoms with E-state index in [0.717, 1.165) is 12.0 Å². The zero-order chi connectivity index (χ0) is 20.2. The summed E-state index contributed by atoms with van der Waals surface area (Å²) in [6.45, 7) is 10.0. The number of piperazine rings is 1. The third-order valence-corrected chi connectivity index (χ3v) is 4.68. The van der Waals surface area contributed by atoms with Gasteiger partial charge in [-0.25, -0.2) is 0 Å². The molecule has 3 amide bonds. The van der Waals surface area contributed by atoms with Gasteiger partial charge in [0, 0.05) is 12.1 Å². The second kappa shape index (κ2) is 8.55. The number of nitrogens with one attached hydrogen (secondary N) is 2. The van der Waals surface area contributed by atoms with Crippen LogP contribution in [-0.4, -0.2) is 46.8 Å². The number of hydrogen-bond donors (Lipinski definition) is 2. The summed E-state index contributed by atoms with van der Waals surface area (Å²) in [5, 5.41) is 5.58. The van der Waals surface area contributed by atoms with Crippen molar-refractivity contribution in [3.63, 3.8) is 0 Å². The van der Waals surface area contributed by atoms with Crippen molar-refractivity contribution in [2.24, 2.45) is 5.92 Å². The van der Waals surface area contributed by atoms with Crippen molar-refractivity contribution in [2.45, 2.75) is 65.1 Å². The first kappa shape index (κ1) is 20.9. The van der Waals surface area contributed by atoms with E-state index >= 15 is 0 Å². The molecule has 148 valence electrons. The minimum atomic E-state index is -1.14. The molecule has 1 aliphatic rings. The number of rotatable bonds is 7. The van der Waals surface area contributed by atoms with Gasteiger partial charge in [-0.1, -0.05) is 44.2 Å². The quantitative estimate of drug-likeness (QED) is 0.717. The first-order chi connectivity index (χ1) is 12.6. The van der Waals surface area contributed by atoms with Gasteiger partial charge in [0.1, 0.15) is 6.04 Å². The van der Waals surface area contributed by atoms with Crippen LogP contribution in [0.2, 0.25) is 0 Å². The zero-order valence-electron chi connectivity index (χ0n) is 16.9. The zero-order valence-corrected chi connectivity index (χ0v) is 16.9. The summed E-state index contributed by atoms with van der Waals surface area (Å²) in [6.07, 6.45) is 1.37. The Kier molecular flexibility index (Phi) is 6.63. The molecule has 0 radical (unpaired) electrons. The van der Waals surface area contributed by atoms with Crippen molar-refractivity contribution in [3.8, 4) is 0 Å². The fourth-order valence-electron chi connectivity index (χ4n) is 3.74. The van der Waals surface area contributed by atoms with E-state index in [-0.39, 0.29) is 5.91 Å². The van der Waals surface area contributed by atoms with Crippen molar-refractivity contribution in [1.29, 1.82) is 0 Å². The largest absolute Gasteiger partial charge is 0.349 e. The first-order valence-electron chi connectivity index (χ1n) is 9.57. The van der Waals surface area contributed by atoms with Gasteiger partial charge >= 0.3 is 0 Å². The third kappa shape index (κ3) is 5.55. The highest BCUT2D eigenvalue weighted by atomic mass is 16.2. The molecule has 2 N–H and O–H groups in total. The van der Waals surface area contributed by atoms with E-state index in [0.29, 0.717) is 18.9 Å².